The van der Waals surface area contributed by atoms with Crippen molar-refractivity contribution in [3.8, 4) is 5.75 Å². The lowest BCUT2D eigenvalue weighted by atomic mass is 9.45. The van der Waals surface area contributed by atoms with Crippen LogP contribution in [0.4, 0.5) is 11.4 Å². The van der Waals surface area contributed by atoms with Gasteiger partial charge in [0.25, 0.3) is 0 Å². The van der Waals surface area contributed by atoms with Gasteiger partial charge in [-0.25, -0.2) is 4.79 Å². The Labute approximate surface area is 546 Å². The van der Waals surface area contributed by atoms with E-state index in [1.165, 1.54) is 127 Å². The van der Waals surface area contributed by atoms with E-state index in [0.29, 0.717) is 71.7 Å². The fourth-order valence-corrected chi connectivity index (χ4v) is 23.2. The summed E-state index contributed by atoms with van der Waals surface area (Å²) in [6, 6.07) is 6.24. The first-order valence-electron chi connectivity index (χ1n) is 37.0. The van der Waals surface area contributed by atoms with Gasteiger partial charge in [0.2, 0.25) is 0 Å². The number of oxime groups is 2. The Bertz CT molecular complexity index is 3590. The molecule has 13 aliphatic rings. The summed E-state index contributed by atoms with van der Waals surface area (Å²) in [4.78, 5) is 67.4. The van der Waals surface area contributed by atoms with E-state index in [-0.39, 0.29) is 47.3 Å². The molecule has 6 heterocycles. The number of allylic oxidation sites excluding steroid dienone is 2. The van der Waals surface area contributed by atoms with E-state index in [1.54, 1.807) is 6.07 Å². The number of nitrogens with zero attached hydrogens (tertiary/aromatic N) is 4. The summed E-state index contributed by atoms with van der Waals surface area (Å²) < 4.78 is 12.1. The van der Waals surface area contributed by atoms with Crippen LogP contribution < -0.4 is 20.2 Å². The SMILES string of the molecule is C=C1C=C(CCCC(=O)CO/N=C2\CCC3C4CC[C@H]5CC(=O)CC[C@]5(C)C4CC[C@]23C)c2cc3c4c(c2O1)CCCN4CCC3.C[C@]12CCC3C(CC[C@H]4C[C@H](O)CC[C@]34C)C1CC/C2=N\OCC(=O)CCCc1cc(=O)oc2c3c4c(cc12)CCCN4CCC3. The van der Waals surface area contributed by atoms with Gasteiger partial charge in [0, 0.05) is 102 Å². The second-order valence-corrected chi connectivity index (χ2v) is 32.6. The van der Waals surface area contributed by atoms with Gasteiger partial charge in [-0.2, -0.15) is 0 Å². The van der Waals surface area contributed by atoms with Crippen molar-refractivity contribution < 1.29 is 38.3 Å². The van der Waals surface area contributed by atoms with Gasteiger partial charge in [-0.05, 0) is 278 Å². The molecule has 13 nitrogen and oxygen atoms in total. The molecule has 3 aromatic rings. The average molecular weight is 1250 g/mol. The minimum absolute atomic E-state index is 0.0174. The number of aryl methyl sites for hydroxylation is 4. The van der Waals surface area contributed by atoms with Crippen LogP contribution in [0.15, 0.2) is 56.1 Å². The fourth-order valence-electron chi connectivity index (χ4n) is 23.2. The number of aliphatic hydroxyl groups is 1. The molecule has 5 aliphatic heterocycles. The monoisotopic (exact) mass is 1250 g/mol. The highest BCUT2D eigenvalue weighted by atomic mass is 16.6. The van der Waals surface area contributed by atoms with Crippen molar-refractivity contribution in [3.05, 3.63) is 80.4 Å². The van der Waals surface area contributed by atoms with Crippen molar-refractivity contribution in [1.29, 1.82) is 0 Å². The van der Waals surface area contributed by atoms with Crippen molar-refractivity contribution in [3.63, 3.8) is 0 Å². The molecule has 0 amide bonds. The lowest BCUT2D eigenvalue weighted by molar-refractivity contribution is -0.136. The van der Waals surface area contributed by atoms with E-state index < -0.39 is 0 Å². The van der Waals surface area contributed by atoms with E-state index in [1.807, 2.05) is 0 Å². The zero-order chi connectivity index (χ0) is 63.3. The van der Waals surface area contributed by atoms with E-state index >= 15 is 0 Å². The molecule has 0 bridgehead atoms. The highest BCUT2D eigenvalue weighted by molar-refractivity contribution is 5.94. The second kappa shape index (κ2) is 24.9. The molecule has 8 saturated carbocycles. The number of hydrogen-bond donors (Lipinski definition) is 1. The third-order valence-corrected chi connectivity index (χ3v) is 27.9. The number of hydrogen-bond acceptors (Lipinski definition) is 13. The van der Waals surface area contributed by atoms with Gasteiger partial charge >= 0.3 is 5.63 Å². The molecule has 2 aromatic carbocycles. The number of ether oxygens (including phenoxy) is 1. The molecule has 92 heavy (non-hydrogen) atoms. The van der Waals surface area contributed by atoms with Gasteiger partial charge < -0.3 is 33.7 Å². The molecular weight excluding hydrogens is 1150 g/mol. The van der Waals surface area contributed by atoms with E-state index in [0.717, 1.165) is 181 Å². The Morgan fingerprint density at radius 2 is 1.21 bits per heavy atom. The van der Waals surface area contributed by atoms with Gasteiger partial charge in [-0.3, -0.25) is 14.4 Å². The Balaban J connectivity index is 0.000000153. The Morgan fingerprint density at radius 3 is 1.86 bits per heavy atom. The highest BCUT2D eigenvalue weighted by Gasteiger charge is 2.61. The molecule has 8 aliphatic carbocycles. The number of ketones is 3. The number of benzene rings is 2. The maximum absolute atomic E-state index is 13.0. The molecule has 1 aromatic heterocycles. The number of carbonyl (C=O) groups is 3. The normalized spacial score (nSPS) is 35.5. The first-order valence-corrected chi connectivity index (χ1v) is 37.0. The molecule has 0 saturated heterocycles. The van der Waals surface area contributed by atoms with Crippen LogP contribution in [0.1, 0.15) is 234 Å². The lowest BCUT2D eigenvalue weighted by Gasteiger charge is -2.60. The van der Waals surface area contributed by atoms with Crippen molar-refractivity contribution >= 4 is 56.7 Å². The standard InChI is InChI=1S/C40H52N2O4.C39H52N2O5/c1-25-21-26(33-22-27-8-5-19-42-20-6-10-32(37(27)42)38(33)46-25)7-4-9-30(44)24-45-41-36-14-13-34-31-12-11-28-23-29(43)15-17-39(28,2)35(31)16-18-40(34,36)3;1-38-16-14-27(42)22-26(38)10-11-29-32-12-13-34(39(32,2)17-15-33(29)38)40-45-23-28(43)8-3-6-24-21-35(44)46-37-30-9-5-19-41-18-4-7-25(36(30)41)20-31(24)37/h21-22,28,31,34-35H,1,4-20,23-24H2,2-3H3;20-21,26-27,29,32-33,42H,3-19,22-23H2,1-2H3/b41-36+;40-34+/t28-,31?,34?,35?,39-,40-;26-,27+,29?,32?,33?,38-,39-/m00/s1. The average Bonchev–Trinajstić information content (AvgIpc) is 1.37. The van der Waals surface area contributed by atoms with Crippen molar-refractivity contribution in [2.75, 3.05) is 49.2 Å². The van der Waals surface area contributed by atoms with Crippen LogP contribution in [0.2, 0.25) is 0 Å². The molecule has 494 valence electrons. The fraction of sp³-hybridized carbons (Fsp3) is 0.696. The van der Waals surface area contributed by atoms with Gasteiger partial charge in [0.1, 0.15) is 22.9 Å². The smallest absolute Gasteiger partial charge is 0.336 e. The highest BCUT2D eigenvalue weighted by Crippen LogP contribution is 2.67. The van der Waals surface area contributed by atoms with Crippen molar-refractivity contribution in [2.24, 2.45) is 79.3 Å². The molecule has 0 radical (unpaired) electrons. The van der Waals surface area contributed by atoms with Crippen LogP contribution >= 0.6 is 0 Å². The number of fused-ring (bicyclic) bond motifs is 14. The molecule has 0 spiro atoms. The summed E-state index contributed by atoms with van der Waals surface area (Å²) in [7, 11) is 0. The quantitative estimate of drug-likeness (QED) is 0.121. The molecule has 13 heteroatoms. The topological polar surface area (TPSA) is 161 Å². The lowest BCUT2D eigenvalue weighted by Crippen LogP contribution is -2.54. The predicted molar refractivity (Wildman–Crippen MR) is 362 cm³/mol. The van der Waals surface area contributed by atoms with Crippen LogP contribution in [0, 0.1) is 69.0 Å². The van der Waals surface area contributed by atoms with Crippen LogP contribution in [-0.2, 0) is 56.2 Å². The van der Waals surface area contributed by atoms with Crippen LogP contribution in [0.25, 0.3) is 16.5 Å². The number of rotatable bonds is 14. The van der Waals surface area contributed by atoms with Gasteiger partial charge in [0.15, 0.2) is 24.8 Å². The molecule has 16 rings (SSSR count). The molecule has 8 fully saturated rings. The van der Waals surface area contributed by atoms with Gasteiger partial charge in [-0.1, -0.05) is 44.6 Å². The first kappa shape index (κ1) is 62.5. The van der Waals surface area contributed by atoms with Crippen LogP contribution in [-0.4, -0.2) is 79.4 Å². The summed E-state index contributed by atoms with van der Waals surface area (Å²) in [5.74, 6) is 7.89. The minimum Gasteiger partial charge on any atom is -0.457 e. The van der Waals surface area contributed by atoms with E-state index in [2.05, 4.69) is 72.6 Å². The van der Waals surface area contributed by atoms with Crippen LogP contribution in [0.5, 0.6) is 5.75 Å². The van der Waals surface area contributed by atoms with Gasteiger partial charge in [0.05, 0.1) is 17.5 Å². The van der Waals surface area contributed by atoms with E-state index in [4.69, 9.17) is 18.8 Å². The zero-order valence-electron chi connectivity index (χ0n) is 56.1. The first-order chi connectivity index (χ1) is 44.5. The number of Topliss-reactive ketones (excluding diaryl/α,β-unsaturated/α-hetero) is 3. The number of aliphatic hydroxyl groups excluding tert-OH is 1. The summed E-state index contributed by atoms with van der Waals surface area (Å²) in [5.41, 5.74) is 15.2. The Kier molecular flexibility index (Phi) is 16.9. The molecule has 13 atom stereocenters. The van der Waals surface area contributed by atoms with Gasteiger partial charge in [-0.15, -0.1) is 0 Å². The van der Waals surface area contributed by atoms with E-state index in [9.17, 15) is 24.3 Å². The molecule has 6 unspecified atom stereocenters. The number of carbonyl (C=O) groups excluding carboxylic acids is 3. The minimum atomic E-state index is -0.297. The summed E-state index contributed by atoms with van der Waals surface area (Å²) in [6.07, 6.45) is 34.6. The third-order valence-electron chi connectivity index (χ3n) is 27.9. The maximum atomic E-state index is 13.0. The Hall–Kier alpha value is -5.56. The van der Waals surface area contributed by atoms with Crippen molar-refractivity contribution in [1.82, 2.24) is 0 Å². The third kappa shape index (κ3) is 11.1. The zero-order valence-corrected chi connectivity index (χ0v) is 56.1. The Morgan fingerprint density at radius 1 is 0.630 bits per heavy atom. The van der Waals surface area contributed by atoms with Crippen molar-refractivity contribution in [2.45, 2.75) is 239 Å². The maximum Gasteiger partial charge on any atom is 0.336 e. The summed E-state index contributed by atoms with van der Waals surface area (Å²) in [6.45, 7) is 18.6. The summed E-state index contributed by atoms with van der Waals surface area (Å²) in [5, 5.41) is 20.7. The molecule has 1 N–H and O–H groups in total. The second-order valence-electron chi connectivity index (χ2n) is 32.6. The van der Waals surface area contributed by atoms with Crippen LogP contribution in [0.3, 0.4) is 0 Å². The summed E-state index contributed by atoms with van der Waals surface area (Å²) >= 11 is 0. The largest absolute Gasteiger partial charge is 0.457 e. The number of anilines is 2. The predicted octanol–water partition coefficient (Wildman–Crippen LogP) is 15.6. The molecular formula is C79H104N4O9.